The van der Waals surface area contributed by atoms with Gasteiger partial charge in [-0.3, -0.25) is 4.79 Å². The van der Waals surface area contributed by atoms with Gasteiger partial charge < -0.3 is 4.74 Å². The molecule has 0 spiro atoms. The van der Waals surface area contributed by atoms with Crippen molar-refractivity contribution in [1.29, 1.82) is 0 Å². The molecule has 5 heavy (non-hydrogen) atoms. The molecule has 0 heterocycles. The van der Waals surface area contributed by atoms with Gasteiger partial charge in [-0.1, -0.05) is 0 Å². The van der Waals surface area contributed by atoms with Crippen LogP contribution in [0.2, 0.25) is 0 Å². The second-order valence-corrected chi connectivity index (χ2v) is 0.696. The molecule has 2 nitrogen and oxygen atoms in total. The summed E-state index contributed by atoms with van der Waals surface area (Å²) >= 11 is 0. The molecular weight excluding hydrogens is 69.0 g/mol. The van der Waals surface area contributed by atoms with Gasteiger partial charge in [-0.25, -0.2) is 0 Å². The second-order valence-electron chi connectivity index (χ2n) is 0.696. The standard InChI is InChI=1S/C3H6O2/c1-3(4)5-2/h1-2H3/i3+1. The van der Waals surface area contributed by atoms with Crippen molar-refractivity contribution in [1.82, 2.24) is 0 Å². The van der Waals surface area contributed by atoms with Crippen LogP contribution < -0.4 is 0 Å². The van der Waals surface area contributed by atoms with Crippen LogP contribution in [0, 0.1) is 0 Å². The van der Waals surface area contributed by atoms with E-state index >= 15 is 0 Å². The highest BCUT2D eigenvalue weighted by Crippen LogP contribution is 1.60. The Balaban J connectivity index is 2.85. The first-order valence-electron chi connectivity index (χ1n) is 1.32. The van der Waals surface area contributed by atoms with Gasteiger partial charge >= 0.3 is 5.97 Å². The van der Waals surface area contributed by atoms with Crippen LogP contribution in [0.5, 0.6) is 0 Å². The molecular formula is C3H6O2. The van der Waals surface area contributed by atoms with Crippen LogP contribution in [0.25, 0.3) is 0 Å². The van der Waals surface area contributed by atoms with Crippen LogP contribution >= 0.6 is 0 Å². The highest BCUT2D eigenvalue weighted by atomic mass is 16.6. The SMILES string of the molecule is CO[13C](C)=O. The van der Waals surface area contributed by atoms with Gasteiger partial charge in [0.1, 0.15) is 0 Å². The summed E-state index contributed by atoms with van der Waals surface area (Å²) in [5.74, 6) is -0.245. The molecule has 0 aliphatic rings. The maximum absolute atomic E-state index is 9.59. The van der Waals surface area contributed by atoms with Crippen molar-refractivity contribution in [2.24, 2.45) is 0 Å². The zero-order chi connectivity index (χ0) is 4.28. The van der Waals surface area contributed by atoms with Gasteiger partial charge in [0.2, 0.25) is 0 Å². The Labute approximate surface area is 30.7 Å². The summed E-state index contributed by atoms with van der Waals surface area (Å²) in [4.78, 5) is 9.59. The predicted molar refractivity (Wildman–Crippen MR) is 17.7 cm³/mol. The lowest BCUT2D eigenvalue weighted by Gasteiger charge is -1.80. The first-order valence-corrected chi connectivity index (χ1v) is 1.32. The van der Waals surface area contributed by atoms with Gasteiger partial charge in [-0.15, -0.1) is 0 Å². The molecule has 0 aromatic carbocycles. The van der Waals surface area contributed by atoms with E-state index in [0.29, 0.717) is 0 Å². The summed E-state index contributed by atoms with van der Waals surface area (Å²) in [6.07, 6.45) is 0. The van der Waals surface area contributed by atoms with E-state index < -0.39 is 0 Å². The van der Waals surface area contributed by atoms with Gasteiger partial charge in [0.15, 0.2) is 0 Å². The molecule has 0 N–H and O–H groups in total. The average Bonchev–Trinajstić information content (AvgIpc) is 1.38. The lowest BCUT2D eigenvalue weighted by Crippen LogP contribution is -1.88. The molecule has 0 aliphatic heterocycles. The molecule has 0 aromatic heterocycles. The first-order chi connectivity index (χ1) is 2.27. The highest BCUT2D eigenvalue weighted by molar-refractivity contribution is 5.65. The molecule has 0 bridgehead atoms. The minimum atomic E-state index is -0.245. The van der Waals surface area contributed by atoms with Crippen molar-refractivity contribution in [3.8, 4) is 0 Å². The maximum Gasteiger partial charge on any atom is 0.302 e. The lowest BCUT2D eigenvalue weighted by molar-refractivity contribution is -0.137. The van der Waals surface area contributed by atoms with Crippen molar-refractivity contribution in [3.63, 3.8) is 0 Å². The number of carbonyl (C=O) groups is 1. The zero-order valence-corrected chi connectivity index (χ0v) is 3.32. The van der Waals surface area contributed by atoms with E-state index in [4.69, 9.17) is 0 Å². The van der Waals surface area contributed by atoms with Gasteiger partial charge in [-0.2, -0.15) is 0 Å². The molecule has 0 saturated heterocycles. The van der Waals surface area contributed by atoms with Gasteiger partial charge in [0.05, 0.1) is 7.11 Å². The largest absolute Gasteiger partial charge is 0.469 e. The molecule has 0 amide bonds. The number of hydrogen-bond donors (Lipinski definition) is 0. The van der Waals surface area contributed by atoms with Crippen LogP contribution in [0.4, 0.5) is 0 Å². The average molecular weight is 75.1 g/mol. The molecule has 0 atom stereocenters. The minimum absolute atomic E-state index is 0.245. The van der Waals surface area contributed by atoms with Gasteiger partial charge in [-0.05, 0) is 0 Å². The molecule has 0 rings (SSSR count). The smallest absolute Gasteiger partial charge is 0.302 e. The summed E-state index contributed by atoms with van der Waals surface area (Å²) in [5, 5.41) is 0. The zero-order valence-electron chi connectivity index (χ0n) is 3.32. The Morgan fingerprint density at radius 3 is 2.00 bits per heavy atom. The van der Waals surface area contributed by atoms with Crippen molar-refractivity contribution >= 4 is 5.97 Å². The summed E-state index contributed by atoms with van der Waals surface area (Å²) in [7, 11) is 1.35. The Morgan fingerprint density at radius 2 is 2.00 bits per heavy atom. The Morgan fingerprint density at radius 1 is 1.80 bits per heavy atom. The molecule has 0 fully saturated rings. The van der Waals surface area contributed by atoms with E-state index in [1.807, 2.05) is 0 Å². The maximum atomic E-state index is 9.59. The van der Waals surface area contributed by atoms with E-state index in [2.05, 4.69) is 4.74 Å². The number of carbonyl (C=O) groups excluding carboxylic acids is 1. The molecule has 0 unspecified atom stereocenters. The van der Waals surface area contributed by atoms with E-state index in [0.717, 1.165) is 0 Å². The predicted octanol–water partition coefficient (Wildman–Crippen LogP) is 0.179. The normalized spacial score (nSPS) is 6.80. The lowest BCUT2D eigenvalue weighted by atomic mass is 11.3. The van der Waals surface area contributed by atoms with Gasteiger partial charge in [0.25, 0.3) is 0 Å². The summed E-state index contributed by atoms with van der Waals surface area (Å²) in [5.41, 5.74) is 0. The Bertz CT molecular complexity index is 40.2. The van der Waals surface area contributed by atoms with Crippen molar-refractivity contribution in [2.45, 2.75) is 6.92 Å². The first kappa shape index (κ1) is 4.47. The molecule has 0 aliphatic carbocycles. The van der Waals surface area contributed by atoms with Crippen LogP contribution in [0.1, 0.15) is 6.92 Å². The number of hydrogen-bond acceptors (Lipinski definition) is 2. The number of esters is 1. The van der Waals surface area contributed by atoms with Crippen LogP contribution in [0.3, 0.4) is 0 Å². The number of ether oxygens (including phenoxy) is 1. The summed E-state index contributed by atoms with van der Waals surface area (Å²) < 4.78 is 4.11. The molecule has 30 valence electrons. The van der Waals surface area contributed by atoms with E-state index in [1.54, 1.807) is 0 Å². The quantitative estimate of drug-likeness (QED) is 0.303. The highest BCUT2D eigenvalue weighted by Gasteiger charge is 1.75. The summed E-state index contributed by atoms with van der Waals surface area (Å²) in [6, 6.07) is 0. The summed E-state index contributed by atoms with van der Waals surface area (Å²) in [6.45, 7) is 1.36. The Kier molecular flexibility index (Phi) is 1.57. The topological polar surface area (TPSA) is 26.3 Å². The third-order valence-electron chi connectivity index (χ3n) is 0.287. The molecule has 0 radical (unpaired) electrons. The van der Waals surface area contributed by atoms with Crippen molar-refractivity contribution < 1.29 is 9.53 Å². The van der Waals surface area contributed by atoms with E-state index in [-0.39, 0.29) is 5.97 Å². The van der Waals surface area contributed by atoms with Gasteiger partial charge in [0, 0.05) is 6.92 Å². The molecule has 0 saturated carbocycles. The van der Waals surface area contributed by atoms with Crippen molar-refractivity contribution in [3.05, 3.63) is 0 Å². The number of methoxy groups -OCH3 is 1. The second kappa shape index (κ2) is 1.76. The van der Waals surface area contributed by atoms with Crippen LogP contribution in [-0.4, -0.2) is 13.1 Å². The molecule has 2 heteroatoms. The fraction of sp³-hybridized carbons (Fsp3) is 0.667. The van der Waals surface area contributed by atoms with Crippen molar-refractivity contribution in [2.75, 3.05) is 7.11 Å². The minimum Gasteiger partial charge on any atom is -0.469 e. The van der Waals surface area contributed by atoms with E-state index in [9.17, 15) is 4.79 Å². The van der Waals surface area contributed by atoms with Crippen LogP contribution in [0.15, 0.2) is 0 Å². The van der Waals surface area contributed by atoms with Crippen LogP contribution in [-0.2, 0) is 9.53 Å². The fourth-order valence-corrected chi connectivity index (χ4v) is 0. The third-order valence-corrected chi connectivity index (χ3v) is 0.287. The fourth-order valence-electron chi connectivity index (χ4n) is 0. The van der Waals surface area contributed by atoms with E-state index in [1.165, 1.54) is 14.0 Å². The molecule has 0 aromatic rings. The monoisotopic (exact) mass is 75.0 g/mol. The number of rotatable bonds is 0. The Hall–Kier alpha value is -0.530. The third kappa shape index (κ3) is 3.47.